The van der Waals surface area contributed by atoms with Gasteiger partial charge in [-0.15, -0.1) is 0 Å². The third-order valence-corrected chi connectivity index (χ3v) is 3.59. The lowest BCUT2D eigenvalue weighted by Gasteiger charge is -2.19. The van der Waals surface area contributed by atoms with Gasteiger partial charge in [0.25, 0.3) is 0 Å². The van der Waals surface area contributed by atoms with Crippen LogP contribution in [-0.2, 0) is 6.42 Å². The highest BCUT2D eigenvalue weighted by Gasteiger charge is 2.23. The number of aryl methyl sites for hydroxylation is 1. The van der Waals surface area contributed by atoms with Crippen LogP contribution in [0.25, 0.3) is 5.70 Å². The fourth-order valence-corrected chi connectivity index (χ4v) is 2.54. The largest absolute Gasteiger partial charge is 0.398 e. The highest BCUT2D eigenvalue weighted by Crippen LogP contribution is 2.28. The zero-order valence-corrected chi connectivity index (χ0v) is 10.6. The van der Waals surface area contributed by atoms with Crippen molar-refractivity contribution in [2.24, 2.45) is 5.73 Å². The highest BCUT2D eigenvalue weighted by molar-refractivity contribution is 6.14. The number of hydrogen-bond acceptors (Lipinski definition) is 2. The summed E-state index contributed by atoms with van der Waals surface area (Å²) in [7, 11) is 0. The molecule has 0 bridgehead atoms. The number of rotatable bonds is 1. The van der Waals surface area contributed by atoms with Gasteiger partial charge in [-0.25, -0.2) is 0 Å². The molecule has 2 aromatic carbocycles. The number of benzene rings is 2. The lowest BCUT2D eigenvalue weighted by atomic mass is 9.85. The Balaban J connectivity index is 2.07. The number of Topliss-reactive ketones (excluding diaryl/α,β-unsaturated/α-hetero) is 1. The third-order valence-electron chi connectivity index (χ3n) is 3.59. The zero-order chi connectivity index (χ0) is 13.2. The van der Waals surface area contributed by atoms with E-state index in [4.69, 9.17) is 5.73 Å². The van der Waals surface area contributed by atoms with Crippen molar-refractivity contribution in [2.45, 2.75) is 12.8 Å². The summed E-state index contributed by atoms with van der Waals surface area (Å²) in [6, 6.07) is 17.5. The molecular weight excluding hydrogens is 234 g/mol. The second-order valence-corrected chi connectivity index (χ2v) is 4.74. The molecule has 0 saturated heterocycles. The maximum atomic E-state index is 12.5. The van der Waals surface area contributed by atoms with Crippen molar-refractivity contribution in [3.05, 3.63) is 76.9 Å². The minimum Gasteiger partial charge on any atom is -0.398 e. The Morgan fingerprint density at radius 3 is 2.37 bits per heavy atom. The normalized spacial score (nSPS) is 16.9. The Bertz CT molecular complexity index is 656. The van der Waals surface area contributed by atoms with E-state index in [1.54, 1.807) is 0 Å². The van der Waals surface area contributed by atoms with Crippen LogP contribution < -0.4 is 5.73 Å². The summed E-state index contributed by atoms with van der Waals surface area (Å²) in [6.45, 7) is 0. The quantitative estimate of drug-likeness (QED) is 0.789. The highest BCUT2D eigenvalue weighted by atomic mass is 16.1. The molecule has 2 nitrogen and oxygen atoms in total. The van der Waals surface area contributed by atoms with Gasteiger partial charge in [-0.05, 0) is 24.0 Å². The number of allylic oxidation sites excluding steroid dienone is 1. The molecule has 0 saturated carbocycles. The molecule has 1 aliphatic rings. The van der Waals surface area contributed by atoms with Crippen molar-refractivity contribution >= 4 is 11.5 Å². The molecule has 2 heteroatoms. The zero-order valence-electron chi connectivity index (χ0n) is 10.6. The predicted octanol–water partition coefficient (Wildman–Crippen LogP) is 3.19. The number of nitrogens with two attached hydrogens (primary N) is 1. The van der Waals surface area contributed by atoms with E-state index < -0.39 is 0 Å². The van der Waals surface area contributed by atoms with Crippen molar-refractivity contribution < 1.29 is 4.79 Å². The van der Waals surface area contributed by atoms with E-state index in [-0.39, 0.29) is 5.78 Å². The topological polar surface area (TPSA) is 43.1 Å². The van der Waals surface area contributed by atoms with Gasteiger partial charge in [0.2, 0.25) is 0 Å². The van der Waals surface area contributed by atoms with Gasteiger partial charge < -0.3 is 5.73 Å². The van der Waals surface area contributed by atoms with Gasteiger partial charge in [0, 0.05) is 16.8 Å². The average Bonchev–Trinajstić information content (AvgIpc) is 2.48. The lowest BCUT2D eigenvalue weighted by molar-refractivity contribution is 0.102. The van der Waals surface area contributed by atoms with Crippen LogP contribution in [0, 0.1) is 0 Å². The molecule has 0 heterocycles. The second kappa shape index (κ2) is 4.73. The Morgan fingerprint density at radius 1 is 0.895 bits per heavy atom. The van der Waals surface area contributed by atoms with Crippen molar-refractivity contribution in [1.82, 2.24) is 0 Å². The monoisotopic (exact) mass is 249 g/mol. The predicted molar refractivity (Wildman–Crippen MR) is 76.6 cm³/mol. The van der Waals surface area contributed by atoms with Crippen LogP contribution in [0.1, 0.15) is 27.9 Å². The number of carbonyl (C=O) groups excluding carboxylic acids is 1. The molecule has 2 aromatic rings. The van der Waals surface area contributed by atoms with Gasteiger partial charge in [0.05, 0.1) is 0 Å². The first kappa shape index (κ1) is 11.7. The molecule has 0 atom stereocenters. The van der Waals surface area contributed by atoms with Gasteiger partial charge in [-0.2, -0.15) is 0 Å². The first-order chi connectivity index (χ1) is 9.27. The first-order valence-electron chi connectivity index (χ1n) is 6.44. The molecule has 0 radical (unpaired) electrons. The summed E-state index contributed by atoms with van der Waals surface area (Å²) in [4.78, 5) is 12.5. The van der Waals surface area contributed by atoms with E-state index >= 15 is 0 Å². The van der Waals surface area contributed by atoms with Crippen LogP contribution in [0.15, 0.2) is 60.2 Å². The van der Waals surface area contributed by atoms with Gasteiger partial charge in [-0.3, -0.25) is 4.79 Å². The average molecular weight is 249 g/mol. The molecule has 3 rings (SSSR count). The van der Waals surface area contributed by atoms with E-state index in [1.165, 1.54) is 0 Å². The lowest BCUT2D eigenvalue weighted by Crippen LogP contribution is -2.18. The SMILES string of the molecule is NC(=C1CCc2ccccc2C1=O)c1ccccc1. The van der Waals surface area contributed by atoms with Crippen molar-refractivity contribution in [3.8, 4) is 0 Å². The van der Waals surface area contributed by atoms with Crippen LogP contribution in [0.2, 0.25) is 0 Å². The van der Waals surface area contributed by atoms with E-state index in [0.29, 0.717) is 5.70 Å². The first-order valence-corrected chi connectivity index (χ1v) is 6.44. The third kappa shape index (κ3) is 2.06. The molecule has 0 aliphatic heterocycles. The summed E-state index contributed by atoms with van der Waals surface area (Å²) in [6.07, 6.45) is 1.60. The summed E-state index contributed by atoms with van der Waals surface area (Å²) in [5.74, 6) is 0.0724. The van der Waals surface area contributed by atoms with Crippen molar-refractivity contribution in [2.75, 3.05) is 0 Å². The fourth-order valence-electron chi connectivity index (χ4n) is 2.54. The number of ketones is 1. The summed E-state index contributed by atoms with van der Waals surface area (Å²) >= 11 is 0. The maximum Gasteiger partial charge on any atom is 0.191 e. The summed E-state index contributed by atoms with van der Waals surface area (Å²) in [5.41, 5.74) is 10.4. The van der Waals surface area contributed by atoms with Crippen LogP contribution in [-0.4, -0.2) is 5.78 Å². The molecule has 0 unspecified atom stereocenters. The van der Waals surface area contributed by atoms with Gasteiger partial charge in [0.15, 0.2) is 5.78 Å². The standard InChI is InChI=1S/C17H15NO/c18-16(13-7-2-1-3-8-13)15-11-10-12-6-4-5-9-14(12)17(15)19/h1-9H,10-11,18H2. The van der Waals surface area contributed by atoms with Crippen molar-refractivity contribution in [3.63, 3.8) is 0 Å². The molecule has 0 spiro atoms. The van der Waals surface area contributed by atoms with Crippen LogP contribution >= 0.6 is 0 Å². The molecule has 1 aliphatic carbocycles. The number of carbonyl (C=O) groups is 1. The van der Waals surface area contributed by atoms with Crippen LogP contribution in [0.5, 0.6) is 0 Å². The van der Waals surface area contributed by atoms with E-state index in [0.717, 1.165) is 35.1 Å². The Labute approximate surface area is 112 Å². The molecule has 19 heavy (non-hydrogen) atoms. The summed E-state index contributed by atoms with van der Waals surface area (Å²) in [5, 5.41) is 0. The number of fused-ring (bicyclic) bond motifs is 1. The smallest absolute Gasteiger partial charge is 0.191 e. The second-order valence-electron chi connectivity index (χ2n) is 4.74. The maximum absolute atomic E-state index is 12.5. The Morgan fingerprint density at radius 2 is 1.58 bits per heavy atom. The molecule has 0 fully saturated rings. The van der Waals surface area contributed by atoms with Gasteiger partial charge in [-0.1, -0.05) is 54.6 Å². The molecule has 2 N–H and O–H groups in total. The minimum atomic E-state index is 0.0724. The molecular formula is C17H15NO. The van der Waals surface area contributed by atoms with Crippen molar-refractivity contribution in [1.29, 1.82) is 0 Å². The summed E-state index contributed by atoms with van der Waals surface area (Å²) < 4.78 is 0. The van der Waals surface area contributed by atoms with E-state index in [9.17, 15) is 4.79 Å². The number of hydrogen-bond donors (Lipinski definition) is 1. The Hall–Kier alpha value is -2.35. The van der Waals surface area contributed by atoms with Crippen LogP contribution in [0.4, 0.5) is 0 Å². The van der Waals surface area contributed by atoms with Gasteiger partial charge >= 0.3 is 0 Å². The molecule has 94 valence electrons. The molecule has 0 amide bonds. The minimum absolute atomic E-state index is 0.0724. The Kier molecular flexibility index (Phi) is 2.92. The van der Waals surface area contributed by atoms with Gasteiger partial charge in [0.1, 0.15) is 0 Å². The van der Waals surface area contributed by atoms with E-state index in [2.05, 4.69) is 0 Å². The van der Waals surface area contributed by atoms with Crippen LogP contribution in [0.3, 0.4) is 0 Å². The van der Waals surface area contributed by atoms with E-state index in [1.807, 2.05) is 54.6 Å². The fraction of sp³-hybridized carbons (Fsp3) is 0.118. The molecule has 0 aromatic heterocycles.